The first-order valence-corrected chi connectivity index (χ1v) is 18.3. The number of nitrogens with zero attached hydrogens (tertiary/aromatic N) is 4. The van der Waals surface area contributed by atoms with Gasteiger partial charge in [0.25, 0.3) is 5.91 Å². The first kappa shape index (κ1) is 40.1. The minimum absolute atomic E-state index is 0.0105. The van der Waals surface area contributed by atoms with Crippen LogP contribution in [0.4, 0.5) is 29.5 Å². The van der Waals surface area contributed by atoms with E-state index in [1.807, 2.05) is 26.8 Å². The summed E-state index contributed by atoms with van der Waals surface area (Å²) in [6, 6.07) is 11.1. The van der Waals surface area contributed by atoms with Crippen molar-refractivity contribution >= 4 is 41.0 Å². The van der Waals surface area contributed by atoms with Gasteiger partial charge in [-0.05, 0) is 43.5 Å². The molecule has 3 atom stereocenters. The molecule has 2 aliphatic rings. The lowest BCUT2D eigenvalue weighted by Gasteiger charge is -2.34. The average molecular weight is 795 g/mol. The Morgan fingerprint density at radius 1 is 1.07 bits per heavy atom. The number of aromatic nitrogens is 3. The van der Waals surface area contributed by atoms with Crippen LogP contribution >= 0.6 is 11.6 Å². The van der Waals surface area contributed by atoms with E-state index >= 15 is 0 Å². The Kier molecular flexibility index (Phi) is 11.9. The van der Waals surface area contributed by atoms with E-state index in [1.165, 1.54) is 19.4 Å². The quantitative estimate of drug-likeness (QED) is 0.125. The molecule has 1 fully saturated rings. The molecule has 4 N–H and O–H groups in total. The van der Waals surface area contributed by atoms with Crippen molar-refractivity contribution in [1.82, 2.24) is 30.5 Å². The lowest BCUT2D eigenvalue weighted by atomic mass is 10.0. The molecule has 0 aliphatic carbocycles. The van der Waals surface area contributed by atoms with Crippen molar-refractivity contribution in [2.75, 3.05) is 43.5 Å². The molecule has 0 saturated carbocycles. The lowest BCUT2D eigenvalue weighted by molar-refractivity contribution is -0.274. The fourth-order valence-electron chi connectivity index (χ4n) is 6.71. The van der Waals surface area contributed by atoms with Gasteiger partial charge in [0.2, 0.25) is 5.91 Å². The zero-order valence-corrected chi connectivity index (χ0v) is 32.1. The van der Waals surface area contributed by atoms with E-state index in [4.69, 9.17) is 21.3 Å². The minimum Gasteiger partial charge on any atom is -0.453 e. The molecule has 0 spiro atoms. The number of hydrogen-bond acceptors (Lipinski definition) is 9. The van der Waals surface area contributed by atoms with Crippen molar-refractivity contribution < 1.29 is 37.0 Å². The Balaban J connectivity index is 1.21. The SMILES string of the molecule is COC(=O)N[C@H](C(=O)N1CC(C)=CC1c1nc(-c2ccc(-c3cc(Cl)c(NC(=O)c4ccc(N5CCNCC5C)nc4)cc3OC(F)(F)F)cc2)c[nH]1)C(C)C. The lowest BCUT2D eigenvalue weighted by Crippen LogP contribution is -2.51. The van der Waals surface area contributed by atoms with Crippen LogP contribution in [0.1, 0.15) is 49.9 Å². The van der Waals surface area contributed by atoms with Crippen LogP contribution < -0.4 is 25.6 Å². The van der Waals surface area contributed by atoms with Crippen LogP contribution in [0.25, 0.3) is 22.4 Å². The molecule has 56 heavy (non-hydrogen) atoms. The molecule has 4 heterocycles. The van der Waals surface area contributed by atoms with E-state index in [0.717, 1.165) is 31.3 Å². The van der Waals surface area contributed by atoms with Gasteiger partial charge in [-0.15, -0.1) is 13.2 Å². The molecular formula is C39H42ClF3N8O5. The maximum Gasteiger partial charge on any atom is 0.573 e. The largest absolute Gasteiger partial charge is 0.573 e. The van der Waals surface area contributed by atoms with E-state index < -0.39 is 36.2 Å². The van der Waals surface area contributed by atoms with E-state index in [2.05, 4.69) is 42.5 Å². The number of hydrogen-bond donors (Lipinski definition) is 4. The van der Waals surface area contributed by atoms with Gasteiger partial charge in [0, 0.05) is 61.8 Å². The predicted molar refractivity (Wildman–Crippen MR) is 205 cm³/mol. The molecule has 0 bridgehead atoms. The monoisotopic (exact) mass is 794 g/mol. The molecule has 296 valence electrons. The number of pyridine rings is 1. The summed E-state index contributed by atoms with van der Waals surface area (Å²) >= 11 is 6.55. The number of piperazine rings is 1. The molecule has 6 rings (SSSR count). The normalized spacial score (nSPS) is 17.7. The molecule has 2 unspecified atom stereocenters. The second kappa shape index (κ2) is 16.6. The zero-order chi connectivity index (χ0) is 40.3. The van der Waals surface area contributed by atoms with Gasteiger partial charge in [0.15, 0.2) is 0 Å². The summed E-state index contributed by atoms with van der Waals surface area (Å²) in [4.78, 5) is 54.8. The van der Waals surface area contributed by atoms with E-state index in [9.17, 15) is 27.6 Å². The summed E-state index contributed by atoms with van der Waals surface area (Å²) < 4.78 is 50.1. The van der Waals surface area contributed by atoms with Crippen LogP contribution in [-0.2, 0) is 9.53 Å². The van der Waals surface area contributed by atoms with Crippen molar-refractivity contribution in [1.29, 1.82) is 0 Å². The van der Waals surface area contributed by atoms with Gasteiger partial charge < -0.3 is 40.2 Å². The number of aromatic amines is 1. The highest BCUT2D eigenvalue weighted by atomic mass is 35.5. The highest BCUT2D eigenvalue weighted by Crippen LogP contribution is 2.41. The Morgan fingerprint density at radius 3 is 2.45 bits per heavy atom. The van der Waals surface area contributed by atoms with E-state index in [-0.39, 0.29) is 39.7 Å². The highest BCUT2D eigenvalue weighted by molar-refractivity contribution is 6.34. The number of ether oxygens (including phenoxy) is 2. The third-order valence-corrected chi connectivity index (χ3v) is 9.90. The highest BCUT2D eigenvalue weighted by Gasteiger charge is 2.37. The van der Waals surface area contributed by atoms with Crippen LogP contribution in [0, 0.1) is 5.92 Å². The summed E-state index contributed by atoms with van der Waals surface area (Å²) in [5, 5.41) is 8.50. The molecule has 3 amide bonds. The van der Waals surface area contributed by atoms with Gasteiger partial charge >= 0.3 is 12.5 Å². The topological polar surface area (TPSA) is 154 Å². The number of alkyl carbamates (subject to hydrolysis) is 1. The maximum atomic E-state index is 13.7. The standard InChI is InChI=1S/C39H42ClF3N8O5/c1-21(2)34(49-38(54)55-5)37(53)51-20-22(3)14-31(51)35-46-19-30(47-35)25-8-6-24(7-9-25)27-15-28(40)29(16-32(27)56-39(41,42)43)48-36(52)26-10-11-33(45-18-26)50-13-12-44-17-23(50)4/h6-11,14-16,18-19,21,23,31,34,44H,12-13,17,20H2,1-5H3,(H,46,47)(H,48,52)(H,49,54)/t23?,31?,34-/m0/s1. The Labute approximate surface area is 326 Å². The molecule has 13 nitrogen and oxygen atoms in total. The van der Waals surface area contributed by atoms with Gasteiger partial charge in [-0.25, -0.2) is 14.8 Å². The van der Waals surface area contributed by atoms with Gasteiger partial charge in [0.05, 0.1) is 29.1 Å². The number of carbonyl (C=O) groups excluding carboxylic acids is 3. The van der Waals surface area contributed by atoms with Crippen LogP contribution in [0.2, 0.25) is 5.02 Å². The number of H-pyrrole nitrogens is 1. The number of imidazole rings is 1. The third-order valence-electron chi connectivity index (χ3n) is 9.59. The summed E-state index contributed by atoms with van der Waals surface area (Å²) in [5.74, 6) is -0.486. The second-order valence-corrected chi connectivity index (χ2v) is 14.4. The van der Waals surface area contributed by atoms with Crippen molar-refractivity contribution in [2.45, 2.75) is 52.2 Å². The number of amides is 3. The number of anilines is 2. The van der Waals surface area contributed by atoms with Crippen molar-refractivity contribution in [3.8, 4) is 28.1 Å². The smallest absolute Gasteiger partial charge is 0.453 e. The van der Waals surface area contributed by atoms with Crippen LogP contribution in [0.15, 0.2) is 72.6 Å². The first-order valence-electron chi connectivity index (χ1n) is 17.9. The van der Waals surface area contributed by atoms with Crippen molar-refractivity contribution in [3.63, 3.8) is 0 Å². The van der Waals surface area contributed by atoms with Crippen molar-refractivity contribution in [2.24, 2.45) is 5.92 Å². The summed E-state index contributed by atoms with van der Waals surface area (Å²) in [6.45, 7) is 10.3. The second-order valence-electron chi connectivity index (χ2n) is 14.0. The number of benzene rings is 2. The number of nitrogens with one attached hydrogen (secondary N) is 4. The molecule has 1 saturated heterocycles. The van der Waals surface area contributed by atoms with Crippen LogP contribution in [-0.4, -0.2) is 89.5 Å². The van der Waals surface area contributed by atoms with Gasteiger partial charge in [-0.3, -0.25) is 9.59 Å². The van der Waals surface area contributed by atoms with Gasteiger partial charge in [0.1, 0.15) is 29.5 Å². The van der Waals surface area contributed by atoms with E-state index in [0.29, 0.717) is 35.0 Å². The first-order chi connectivity index (χ1) is 26.6. The van der Waals surface area contributed by atoms with Crippen LogP contribution in [0.5, 0.6) is 5.75 Å². The Morgan fingerprint density at radius 2 is 1.80 bits per heavy atom. The number of rotatable bonds is 10. The molecule has 17 heteroatoms. The number of carbonyl (C=O) groups is 3. The van der Waals surface area contributed by atoms with Gasteiger partial charge in [-0.1, -0.05) is 61.4 Å². The van der Waals surface area contributed by atoms with E-state index in [1.54, 1.807) is 47.5 Å². The predicted octanol–water partition coefficient (Wildman–Crippen LogP) is 6.95. The zero-order valence-electron chi connectivity index (χ0n) is 31.3. The molecular weight excluding hydrogens is 753 g/mol. The fraction of sp³-hybridized carbons (Fsp3) is 0.359. The van der Waals surface area contributed by atoms with Crippen molar-refractivity contribution in [3.05, 3.63) is 89.0 Å². The Hall–Kier alpha value is -5.61. The molecule has 2 aliphatic heterocycles. The maximum absolute atomic E-state index is 13.7. The Bertz CT molecular complexity index is 2110. The summed E-state index contributed by atoms with van der Waals surface area (Å²) in [5.41, 5.74) is 2.62. The number of alkyl halides is 3. The molecule has 4 aromatic rings. The number of halogens is 4. The molecule has 0 radical (unpaired) electrons. The fourth-order valence-corrected chi connectivity index (χ4v) is 6.92. The molecule has 2 aromatic carbocycles. The minimum atomic E-state index is -5.04. The summed E-state index contributed by atoms with van der Waals surface area (Å²) in [7, 11) is 1.23. The summed E-state index contributed by atoms with van der Waals surface area (Å²) in [6.07, 6.45) is -0.754. The van der Waals surface area contributed by atoms with Crippen LogP contribution in [0.3, 0.4) is 0 Å². The molecule has 2 aromatic heterocycles. The number of methoxy groups -OCH3 is 1. The third kappa shape index (κ3) is 9.08. The average Bonchev–Trinajstić information content (AvgIpc) is 3.81. The van der Waals surface area contributed by atoms with Gasteiger partial charge in [-0.2, -0.15) is 0 Å².